The van der Waals surface area contributed by atoms with E-state index in [1.165, 1.54) is 19.3 Å². The molecule has 1 aliphatic heterocycles. The second-order valence-corrected chi connectivity index (χ2v) is 14.6. The van der Waals surface area contributed by atoms with Crippen molar-refractivity contribution in [3.8, 4) is 5.75 Å². The summed E-state index contributed by atoms with van der Waals surface area (Å²) in [6, 6.07) is 24.1. The number of methoxy groups -OCH3 is 1. The van der Waals surface area contributed by atoms with Crippen molar-refractivity contribution < 1.29 is 24.1 Å². The molecular formula is C37H44N2O5S. The van der Waals surface area contributed by atoms with Gasteiger partial charge in [-0.1, -0.05) is 60.7 Å². The monoisotopic (exact) mass is 628 g/mol. The van der Waals surface area contributed by atoms with Gasteiger partial charge in [-0.25, -0.2) is 4.79 Å². The topological polar surface area (TPSA) is 89.0 Å². The van der Waals surface area contributed by atoms with E-state index in [0.29, 0.717) is 6.54 Å². The van der Waals surface area contributed by atoms with Crippen LogP contribution < -0.4 is 15.4 Å². The lowest BCUT2D eigenvalue weighted by Gasteiger charge is -2.56. The number of rotatable bonds is 10. The first-order chi connectivity index (χ1) is 22.0. The minimum absolute atomic E-state index is 0.00771. The van der Waals surface area contributed by atoms with E-state index >= 15 is 0 Å². The quantitative estimate of drug-likeness (QED) is 0.204. The van der Waals surface area contributed by atoms with Gasteiger partial charge in [-0.15, -0.1) is 11.8 Å². The Balaban J connectivity index is 0.993. The Morgan fingerprint density at radius 3 is 2.18 bits per heavy atom. The fourth-order valence-electron chi connectivity index (χ4n) is 8.47. The summed E-state index contributed by atoms with van der Waals surface area (Å²) >= 11 is 1.73. The van der Waals surface area contributed by atoms with Gasteiger partial charge in [-0.2, -0.15) is 0 Å². The Bertz CT molecular complexity index is 1430. The number of carbonyl (C=O) groups is 1. The molecule has 3 aromatic carbocycles. The molecule has 4 bridgehead atoms. The highest BCUT2D eigenvalue weighted by Crippen LogP contribution is 2.55. The highest BCUT2D eigenvalue weighted by Gasteiger charge is 2.51. The second-order valence-electron chi connectivity index (χ2n) is 13.6. The molecule has 3 N–H and O–H groups in total. The van der Waals surface area contributed by atoms with Gasteiger partial charge >= 0.3 is 6.03 Å². The van der Waals surface area contributed by atoms with Crippen molar-refractivity contribution >= 4 is 17.8 Å². The van der Waals surface area contributed by atoms with Crippen LogP contribution in [-0.2, 0) is 22.6 Å². The highest BCUT2D eigenvalue weighted by molar-refractivity contribution is 7.99. The summed E-state index contributed by atoms with van der Waals surface area (Å²) in [7, 11) is 1.70. The van der Waals surface area contributed by atoms with Crippen LogP contribution in [0.1, 0.15) is 79.6 Å². The van der Waals surface area contributed by atoms with Crippen molar-refractivity contribution in [3.63, 3.8) is 0 Å². The number of nitrogens with one attached hydrogen (secondary N) is 2. The zero-order chi connectivity index (χ0) is 30.8. The molecule has 45 heavy (non-hydrogen) atoms. The smallest absolute Gasteiger partial charge is 0.315 e. The van der Waals surface area contributed by atoms with Crippen molar-refractivity contribution in [3.05, 3.63) is 95.1 Å². The third-order valence-electron chi connectivity index (χ3n) is 10.2. The summed E-state index contributed by atoms with van der Waals surface area (Å²) in [5.41, 5.74) is 3.93. The number of aliphatic hydroxyl groups is 1. The van der Waals surface area contributed by atoms with E-state index in [9.17, 15) is 9.90 Å². The number of urea groups is 1. The fraction of sp³-hybridized carbons (Fsp3) is 0.486. The van der Waals surface area contributed by atoms with Gasteiger partial charge in [0.05, 0.1) is 25.9 Å². The predicted molar refractivity (Wildman–Crippen MR) is 175 cm³/mol. The highest BCUT2D eigenvalue weighted by atomic mass is 32.2. The number of aliphatic hydroxyl groups excluding tert-OH is 1. The summed E-state index contributed by atoms with van der Waals surface area (Å²) in [6.07, 6.45) is 7.53. The number of amides is 2. The van der Waals surface area contributed by atoms with Crippen molar-refractivity contribution in [1.29, 1.82) is 0 Å². The summed E-state index contributed by atoms with van der Waals surface area (Å²) in [5, 5.41) is 16.0. The van der Waals surface area contributed by atoms with Crippen LogP contribution in [0.15, 0.2) is 77.7 Å². The molecule has 0 radical (unpaired) electrons. The molecule has 8 heteroatoms. The van der Waals surface area contributed by atoms with E-state index in [0.717, 1.165) is 82.1 Å². The fourth-order valence-corrected chi connectivity index (χ4v) is 9.52. The summed E-state index contributed by atoms with van der Waals surface area (Å²) in [5.74, 6) is 4.01. The molecule has 5 aliphatic rings. The number of carbonyl (C=O) groups excluding carboxylic acids is 1. The van der Waals surface area contributed by atoms with Crippen LogP contribution in [0.3, 0.4) is 0 Å². The molecule has 4 aliphatic carbocycles. The molecule has 3 atom stereocenters. The maximum Gasteiger partial charge on any atom is 0.315 e. The first-order valence-electron chi connectivity index (χ1n) is 16.4. The lowest BCUT2D eigenvalue weighted by Crippen LogP contribution is -2.61. The van der Waals surface area contributed by atoms with Crippen LogP contribution in [0.4, 0.5) is 4.79 Å². The summed E-state index contributed by atoms with van der Waals surface area (Å²) < 4.78 is 18.6. The van der Waals surface area contributed by atoms with Crippen molar-refractivity contribution in [2.24, 2.45) is 17.8 Å². The standard InChI is InChI=1S/C37H44N2O5S/c1-42-32-4-2-3-5-34(32)45-23-31-17-33(29-10-8-25(22-40)9-11-29)44-35(43-31)30-12-6-24(7-13-30)21-38-36(41)39-37-18-26-14-27(19-37)16-28(15-26)20-37/h2-13,26-28,31,33,35,40H,14-23H2,1H3,(H2,38,39,41). The van der Waals surface area contributed by atoms with Gasteiger partial charge in [0, 0.05) is 34.7 Å². The number of thioether (sulfide) groups is 1. The Hall–Kier alpha value is -3.04. The first-order valence-corrected chi connectivity index (χ1v) is 17.4. The third kappa shape index (κ3) is 7.04. The molecule has 3 unspecified atom stereocenters. The van der Waals surface area contributed by atoms with E-state index < -0.39 is 6.29 Å². The normalized spacial score (nSPS) is 30.2. The van der Waals surface area contributed by atoms with Gasteiger partial charge in [-0.3, -0.25) is 0 Å². The number of hydrogen-bond donors (Lipinski definition) is 3. The molecule has 2 amide bonds. The number of ether oxygens (including phenoxy) is 3. The molecule has 1 heterocycles. The van der Waals surface area contributed by atoms with Crippen LogP contribution in [0.5, 0.6) is 5.75 Å². The number of hydrogen-bond acceptors (Lipinski definition) is 6. The van der Waals surface area contributed by atoms with Crippen LogP contribution >= 0.6 is 11.8 Å². The van der Waals surface area contributed by atoms with Gasteiger partial charge in [-0.05, 0) is 85.1 Å². The zero-order valence-electron chi connectivity index (χ0n) is 26.0. The molecule has 0 aromatic heterocycles. The van der Waals surface area contributed by atoms with Gasteiger partial charge in [0.2, 0.25) is 0 Å². The maximum atomic E-state index is 13.0. The minimum Gasteiger partial charge on any atom is -0.496 e. The Morgan fingerprint density at radius 2 is 1.51 bits per heavy atom. The average molecular weight is 629 g/mol. The average Bonchev–Trinajstić information content (AvgIpc) is 3.06. The van der Waals surface area contributed by atoms with Crippen molar-refractivity contribution in [2.75, 3.05) is 12.9 Å². The number of para-hydroxylation sites is 1. The molecule has 4 saturated carbocycles. The van der Waals surface area contributed by atoms with Crippen LogP contribution in [0, 0.1) is 17.8 Å². The minimum atomic E-state index is -0.522. The number of benzene rings is 3. The Labute approximate surface area is 270 Å². The second kappa shape index (κ2) is 13.4. The SMILES string of the molecule is COc1ccccc1SCC1CC(c2ccc(CO)cc2)OC(c2ccc(CNC(=O)NC34CC5CC(CC(C5)C3)C4)cc2)O1. The van der Waals surface area contributed by atoms with Gasteiger partial charge in [0.1, 0.15) is 5.75 Å². The summed E-state index contributed by atoms with van der Waals surface area (Å²) in [4.78, 5) is 14.1. The van der Waals surface area contributed by atoms with E-state index in [1.807, 2.05) is 66.7 Å². The molecular weight excluding hydrogens is 584 g/mol. The molecule has 238 valence electrons. The Morgan fingerprint density at radius 1 is 0.867 bits per heavy atom. The molecule has 0 spiro atoms. The van der Waals surface area contributed by atoms with Gasteiger partial charge in [0.25, 0.3) is 0 Å². The Kier molecular flexibility index (Phi) is 9.09. The van der Waals surface area contributed by atoms with Crippen LogP contribution in [-0.4, -0.2) is 35.6 Å². The first kappa shape index (κ1) is 30.6. The van der Waals surface area contributed by atoms with Gasteiger partial charge in [0.15, 0.2) is 6.29 Å². The third-order valence-corrected chi connectivity index (χ3v) is 11.4. The predicted octanol–water partition coefficient (Wildman–Crippen LogP) is 7.29. The van der Waals surface area contributed by atoms with E-state index in [2.05, 4.69) is 16.7 Å². The molecule has 8 rings (SSSR count). The zero-order valence-corrected chi connectivity index (χ0v) is 26.8. The molecule has 5 fully saturated rings. The molecule has 3 aromatic rings. The lowest BCUT2D eigenvalue weighted by molar-refractivity contribution is -0.245. The van der Waals surface area contributed by atoms with Crippen molar-refractivity contribution in [2.45, 2.75) is 87.0 Å². The maximum absolute atomic E-state index is 13.0. The van der Waals surface area contributed by atoms with Crippen molar-refractivity contribution in [1.82, 2.24) is 10.6 Å². The van der Waals surface area contributed by atoms with Crippen LogP contribution in [0.25, 0.3) is 0 Å². The summed E-state index contributed by atoms with van der Waals surface area (Å²) in [6.45, 7) is 0.490. The lowest BCUT2D eigenvalue weighted by atomic mass is 9.53. The van der Waals surface area contributed by atoms with E-state index in [4.69, 9.17) is 14.2 Å². The van der Waals surface area contributed by atoms with Crippen LogP contribution in [0.2, 0.25) is 0 Å². The van der Waals surface area contributed by atoms with E-state index in [-0.39, 0.29) is 30.4 Å². The van der Waals surface area contributed by atoms with E-state index in [1.54, 1.807) is 18.9 Å². The largest absolute Gasteiger partial charge is 0.496 e. The molecule has 7 nitrogen and oxygen atoms in total. The molecule has 1 saturated heterocycles. The van der Waals surface area contributed by atoms with Gasteiger partial charge < -0.3 is 30.0 Å².